The Labute approximate surface area is 72.5 Å². The van der Waals surface area contributed by atoms with Gasteiger partial charge in [0.25, 0.3) is 0 Å². The minimum atomic E-state index is 0.222. The zero-order valence-corrected chi connectivity index (χ0v) is 7.44. The largest absolute Gasteiger partial charge is 0.329 e. The molecule has 11 heavy (non-hydrogen) atoms. The predicted octanol–water partition coefficient (Wildman–Crippen LogP) is 1.98. The molecule has 0 radical (unpaired) electrons. The molecule has 0 N–H and O–H groups in total. The van der Waals surface area contributed by atoms with E-state index in [1.807, 2.05) is 0 Å². The summed E-state index contributed by atoms with van der Waals surface area (Å²) in [5.41, 5.74) is 0. The zero-order valence-electron chi connectivity index (χ0n) is 6.68. The van der Waals surface area contributed by atoms with Crippen LogP contribution in [0.1, 0.15) is 32.1 Å². The van der Waals surface area contributed by atoms with E-state index in [2.05, 4.69) is 0 Å². The van der Waals surface area contributed by atoms with Crippen molar-refractivity contribution >= 4 is 17.5 Å². The topological polar surface area (TPSA) is 20.3 Å². The number of hydrogen-bond donors (Lipinski definition) is 0. The fraction of sp³-hybridized carbons (Fsp3) is 0.875. The first-order chi connectivity index (χ1) is 5.34. The summed E-state index contributed by atoms with van der Waals surface area (Å²) < 4.78 is 0. The molecule has 0 aromatic carbocycles. The molecular weight excluding hydrogens is 162 g/mol. The Morgan fingerprint density at radius 1 is 1.27 bits per heavy atom. The van der Waals surface area contributed by atoms with E-state index in [4.69, 9.17) is 11.6 Å². The highest BCUT2D eigenvalue weighted by molar-refractivity contribution is 6.18. The van der Waals surface area contributed by atoms with Gasteiger partial charge in [-0.15, -0.1) is 11.6 Å². The molecule has 1 aliphatic rings. The molecule has 2 nitrogen and oxygen atoms in total. The maximum atomic E-state index is 11.2. The van der Waals surface area contributed by atoms with E-state index in [-0.39, 0.29) is 5.91 Å². The molecule has 0 atom stereocenters. The highest BCUT2D eigenvalue weighted by atomic mass is 35.5. The molecule has 0 aromatic rings. The standard InChI is InChI=1S/C8H14ClNO/c9-7-10-6-4-2-1-3-5-8(10)11/h1-7H2. The third-order valence-corrected chi connectivity index (χ3v) is 2.35. The van der Waals surface area contributed by atoms with Gasteiger partial charge in [-0.05, 0) is 12.8 Å². The normalized spacial score (nSPS) is 21.2. The summed E-state index contributed by atoms with van der Waals surface area (Å²) in [7, 11) is 0. The highest BCUT2D eigenvalue weighted by Gasteiger charge is 2.13. The van der Waals surface area contributed by atoms with Crippen molar-refractivity contribution in [1.29, 1.82) is 0 Å². The number of carbonyl (C=O) groups excluding carboxylic acids is 1. The smallest absolute Gasteiger partial charge is 0.223 e. The molecule has 1 amide bonds. The lowest BCUT2D eigenvalue weighted by Crippen LogP contribution is -2.31. The molecule has 0 bridgehead atoms. The molecule has 0 aromatic heterocycles. The first kappa shape index (κ1) is 8.85. The van der Waals surface area contributed by atoms with Crippen LogP contribution >= 0.6 is 11.6 Å². The Balaban J connectivity index is 2.39. The van der Waals surface area contributed by atoms with E-state index < -0.39 is 0 Å². The molecule has 3 heteroatoms. The third kappa shape index (κ3) is 2.70. The Morgan fingerprint density at radius 3 is 2.73 bits per heavy atom. The van der Waals surface area contributed by atoms with Crippen molar-refractivity contribution in [3.05, 3.63) is 0 Å². The van der Waals surface area contributed by atoms with Crippen LogP contribution in [0.25, 0.3) is 0 Å². The summed E-state index contributed by atoms with van der Waals surface area (Å²) in [5.74, 6) is 0.222. The monoisotopic (exact) mass is 175 g/mol. The number of rotatable bonds is 1. The van der Waals surface area contributed by atoms with Gasteiger partial charge in [0.2, 0.25) is 5.91 Å². The van der Waals surface area contributed by atoms with E-state index in [0.29, 0.717) is 12.4 Å². The van der Waals surface area contributed by atoms with Crippen LogP contribution < -0.4 is 0 Å². The van der Waals surface area contributed by atoms with Gasteiger partial charge in [-0.2, -0.15) is 0 Å². The molecule has 64 valence electrons. The molecule has 0 saturated carbocycles. The molecule has 0 spiro atoms. The summed E-state index contributed by atoms with van der Waals surface area (Å²) in [6.45, 7) is 0.850. The fourth-order valence-electron chi connectivity index (χ4n) is 1.34. The van der Waals surface area contributed by atoms with Crippen LogP contribution in [0.2, 0.25) is 0 Å². The minimum Gasteiger partial charge on any atom is -0.329 e. The van der Waals surface area contributed by atoms with Crippen LogP contribution in [0.3, 0.4) is 0 Å². The number of alkyl halides is 1. The van der Waals surface area contributed by atoms with Crippen molar-refractivity contribution in [2.75, 3.05) is 12.5 Å². The third-order valence-electron chi connectivity index (χ3n) is 2.07. The van der Waals surface area contributed by atoms with Gasteiger partial charge in [-0.3, -0.25) is 4.79 Å². The Bertz CT molecular complexity index is 138. The molecule has 1 saturated heterocycles. The number of carbonyl (C=O) groups is 1. The van der Waals surface area contributed by atoms with Crippen LogP contribution in [0.5, 0.6) is 0 Å². The molecular formula is C8H14ClNO. The van der Waals surface area contributed by atoms with Gasteiger partial charge in [0, 0.05) is 13.0 Å². The molecule has 1 heterocycles. The average molecular weight is 176 g/mol. The molecule has 1 fully saturated rings. The van der Waals surface area contributed by atoms with Crippen LogP contribution in [0.15, 0.2) is 0 Å². The number of halogens is 1. The number of amides is 1. The van der Waals surface area contributed by atoms with Crippen molar-refractivity contribution in [1.82, 2.24) is 4.90 Å². The quantitative estimate of drug-likeness (QED) is 0.441. The van der Waals surface area contributed by atoms with Gasteiger partial charge in [0.15, 0.2) is 0 Å². The average Bonchev–Trinajstić information content (AvgIpc) is 1.98. The van der Waals surface area contributed by atoms with Crippen LogP contribution in [0, 0.1) is 0 Å². The maximum Gasteiger partial charge on any atom is 0.223 e. The van der Waals surface area contributed by atoms with E-state index >= 15 is 0 Å². The second-order valence-corrected chi connectivity index (χ2v) is 3.18. The minimum absolute atomic E-state index is 0.222. The first-order valence-corrected chi connectivity index (χ1v) is 4.72. The van der Waals surface area contributed by atoms with E-state index in [1.54, 1.807) is 4.90 Å². The maximum absolute atomic E-state index is 11.2. The first-order valence-electron chi connectivity index (χ1n) is 4.18. The number of likely N-dealkylation sites (tertiary alicyclic amines) is 1. The summed E-state index contributed by atoms with van der Waals surface area (Å²) in [5, 5.41) is 0. The summed E-state index contributed by atoms with van der Waals surface area (Å²) >= 11 is 5.61. The Kier molecular flexibility index (Phi) is 3.70. The van der Waals surface area contributed by atoms with Crippen LogP contribution in [-0.2, 0) is 4.79 Å². The van der Waals surface area contributed by atoms with Gasteiger partial charge in [-0.25, -0.2) is 0 Å². The summed E-state index contributed by atoms with van der Waals surface area (Å²) in [6, 6.07) is 0.360. The van der Waals surface area contributed by atoms with Crippen molar-refractivity contribution < 1.29 is 4.79 Å². The second-order valence-electron chi connectivity index (χ2n) is 2.94. The number of hydrogen-bond acceptors (Lipinski definition) is 1. The van der Waals surface area contributed by atoms with E-state index in [0.717, 1.165) is 19.4 Å². The highest BCUT2D eigenvalue weighted by Crippen LogP contribution is 2.11. The van der Waals surface area contributed by atoms with E-state index in [9.17, 15) is 4.79 Å². The Hall–Kier alpha value is -0.240. The Morgan fingerprint density at radius 2 is 2.00 bits per heavy atom. The van der Waals surface area contributed by atoms with E-state index in [1.165, 1.54) is 12.8 Å². The van der Waals surface area contributed by atoms with Crippen molar-refractivity contribution in [2.24, 2.45) is 0 Å². The second kappa shape index (κ2) is 4.60. The SMILES string of the molecule is O=C1CCCCCCN1CCl. The van der Waals surface area contributed by atoms with Gasteiger partial charge in [-0.1, -0.05) is 12.8 Å². The fourth-order valence-corrected chi connectivity index (χ4v) is 1.59. The molecule has 1 aliphatic heterocycles. The lowest BCUT2D eigenvalue weighted by atomic mass is 10.1. The van der Waals surface area contributed by atoms with Gasteiger partial charge in [0.1, 0.15) is 0 Å². The van der Waals surface area contributed by atoms with Gasteiger partial charge < -0.3 is 4.90 Å². The van der Waals surface area contributed by atoms with Crippen molar-refractivity contribution in [3.8, 4) is 0 Å². The zero-order chi connectivity index (χ0) is 8.10. The van der Waals surface area contributed by atoms with Crippen LogP contribution in [0.4, 0.5) is 0 Å². The van der Waals surface area contributed by atoms with Gasteiger partial charge in [0.05, 0.1) is 6.00 Å². The van der Waals surface area contributed by atoms with Crippen molar-refractivity contribution in [2.45, 2.75) is 32.1 Å². The van der Waals surface area contributed by atoms with Gasteiger partial charge >= 0.3 is 0 Å². The molecule has 0 aliphatic carbocycles. The lowest BCUT2D eigenvalue weighted by molar-refractivity contribution is -0.130. The summed E-state index contributed by atoms with van der Waals surface area (Å²) in [6.07, 6.45) is 5.26. The lowest BCUT2D eigenvalue weighted by Gasteiger charge is -2.21. The summed E-state index contributed by atoms with van der Waals surface area (Å²) in [4.78, 5) is 13.0. The van der Waals surface area contributed by atoms with Crippen LogP contribution in [-0.4, -0.2) is 23.4 Å². The number of nitrogens with zero attached hydrogens (tertiary/aromatic N) is 1. The van der Waals surface area contributed by atoms with Crippen molar-refractivity contribution in [3.63, 3.8) is 0 Å². The predicted molar refractivity (Wildman–Crippen MR) is 45.5 cm³/mol. The molecule has 1 rings (SSSR count). The molecule has 0 unspecified atom stereocenters.